The highest BCUT2D eigenvalue weighted by Gasteiger charge is 2.32. The van der Waals surface area contributed by atoms with Gasteiger partial charge < -0.3 is 4.74 Å². The molecule has 3 atom stereocenters. The second kappa shape index (κ2) is 8.75. The van der Waals surface area contributed by atoms with Crippen LogP contribution in [0.1, 0.15) is 37.2 Å². The number of ether oxygens (including phenoxy) is 1. The van der Waals surface area contributed by atoms with Crippen LogP contribution in [0.3, 0.4) is 0 Å². The summed E-state index contributed by atoms with van der Waals surface area (Å²) in [7, 11) is 0. The predicted molar refractivity (Wildman–Crippen MR) is 101 cm³/mol. The molecule has 0 amide bonds. The van der Waals surface area contributed by atoms with Gasteiger partial charge in [0.1, 0.15) is 12.5 Å². The van der Waals surface area contributed by atoms with Crippen LogP contribution in [-0.4, -0.2) is 55.4 Å². The van der Waals surface area contributed by atoms with E-state index in [0.29, 0.717) is 18.1 Å². The van der Waals surface area contributed by atoms with Gasteiger partial charge in [-0.05, 0) is 47.5 Å². The van der Waals surface area contributed by atoms with E-state index >= 15 is 0 Å². The molecular formula is C19H23F2N7O. The van der Waals surface area contributed by atoms with Crippen LogP contribution < -0.4 is 5.32 Å². The number of alkyl halides is 1. The Balaban J connectivity index is 1.70. The van der Waals surface area contributed by atoms with Crippen LogP contribution in [0, 0.1) is 5.82 Å². The second-order valence-electron chi connectivity index (χ2n) is 6.96. The highest BCUT2D eigenvalue weighted by molar-refractivity contribution is 5.33. The largest absolute Gasteiger partial charge is 0.377 e. The summed E-state index contributed by atoms with van der Waals surface area (Å²) in [6.45, 7) is 2.45. The first-order valence-electron chi connectivity index (χ1n) is 9.69. The molecule has 2 aromatic heterocycles. The van der Waals surface area contributed by atoms with Crippen molar-refractivity contribution in [3.05, 3.63) is 53.9 Å². The Morgan fingerprint density at radius 2 is 2.14 bits per heavy atom. The zero-order valence-corrected chi connectivity index (χ0v) is 16.1. The summed E-state index contributed by atoms with van der Waals surface area (Å²) in [6.07, 6.45) is 5.32. The smallest absolute Gasteiger partial charge is 0.178 e. The summed E-state index contributed by atoms with van der Waals surface area (Å²) in [6, 6.07) is 5.69. The highest BCUT2D eigenvalue weighted by Crippen LogP contribution is 2.26. The number of hydrogen-bond donors (Lipinski definition) is 1. The van der Waals surface area contributed by atoms with E-state index in [9.17, 15) is 8.78 Å². The summed E-state index contributed by atoms with van der Waals surface area (Å²) < 4.78 is 35.0. The molecule has 10 heteroatoms. The number of nitrogens with one attached hydrogen (secondary N) is 1. The Hall–Kier alpha value is -2.72. The fourth-order valence-electron chi connectivity index (χ4n) is 3.65. The predicted octanol–water partition coefficient (Wildman–Crippen LogP) is 2.21. The molecule has 1 aromatic carbocycles. The van der Waals surface area contributed by atoms with Crippen molar-refractivity contribution < 1.29 is 13.5 Å². The monoisotopic (exact) mass is 403 g/mol. The zero-order valence-electron chi connectivity index (χ0n) is 16.1. The van der Waals surface area contributed by atoms with E-state index < -0.39 is 6.67 Å². The van der Waals surface area contributed by atoms with Crippen molar-refractivity contribution in [1.82, 2.24) is 35.3 Å². The molecule has 1 N–H and O–H groups in total. The van der Waals surface area contributed by atoms with Crippen LogP contribution in [0.5, 0.6) is 0 Å². The third-order valence-electron chi connectivity index (χ3n) is 5.12. The number of aryl methyl sites for hydroxylation is 1. The molecule has 8 nitrogen and oxygen atoms in total. The molecule has 1 unspecified atom stereocenters. The van der Waals surface area contributed by atoms with Crippen molar-refractivity contribution in [2.75, 3.05) is 13.3 Å². The summed E-state index contributed by atoms with van der Waals surface area (Å²) >= 11 is 0. The van der Waals surface area contributed by atoms with E-state index in [-0.39, 0.29) is 30.5 Å². The lowest BCUT2D eigenvalue weighted by Crippen LogP contribution is -2.40. The number of rotatable bonds is 8. The third kappa shape index (κ3) is 4.18. The van der Waals surface area contributed by atoms with Crippen LogP contribution in [-0.2, 0) is 11.3 Å². The van der Waals surface area contributed by atoms with Gasteiger partial charge in [-0.1, -0.05) is 6.92 Å². The van der Waals surface area contributed by atoms with Gasteiger partial charge >= 0.3 is 0 Å². The second-order valence-corrected chi connectivity index (χ2v) is 6.96. The molecule has 3 heterocycles. The molecule has 1 aliphatic heterocycles. The van der Waals surface area contributed by atoms with Crippen molar-refractivity contribution in [1.29, 1.82) is 0 Å². The highest BCUT2D eigenvalue weighted by atomic mass is 19.1. The molecule has 29 heavy (non-hydrogen) atoms. The Kier molecular flexibility index (Phi) is 5.91. The van der Waals surface area contributed by atoms with Crippen LogP contribution in [0.4, 0.5) is 8.78 Å². The lowest BCUT2D eigenvalue weighted by Gasteiger charge is -2.24. The molecule has 1 aliphatic rings. The topological polar surface area (TPSA) is 82.7 Å². The Labute approximate surface area is 166 Å². The summed E-state index contributed by atoms with van der Waals surface area (Å²) in [5.74, 6) is 0.206. The van der Waals surface area contributed by atoms with E-state index in [1.807, 2.05) is 0 Å². The van der Waals surface area contributed by atoms with Crippen molar-refractivity contribution in [2.24, 2.45) is 0 Å². The average molecular weight is 403 g/mol. The molecule has 1 saturated heterocycles. The summed E-state index contributed by atoms with van der Waals surface area (Å²) in [4.78, 5) is 0. The lowest BCUT2D eigenvalue weighted by atomic mass is 10.0. The first kappa shape index (κ1) is 19.6. The van der Waals surface area contributed by atoms with Crippen LogP contribution in [0.2, 0.25) is 0 Å². The van der Waals surface area contributed by atoms with Crippen molar-refractivity contribution in [3.63, 3.8) is 0 Å². The fourth-order valence-corrected chi connectivity index (χ4v) is 3.65. The van der Waals surface area contributed by atoms with E-state index in [1.54, 1.807) is 33.9 Å². The Morgan fingerprint density at radius 3 is 2.90 bits per heavy atom. The van der Waals surface area contributed by atoms with E-state index in [2.05, 4.69) is 32.9 Å². The molecule has 154 valence electrons. The average Bonchev–Trinajstić information content (AvgIpc) is 3.47. The van der Waals surface area contributed by atoms with Gasteiger partial charge in [-0.15, -0.1) is 5.10 Å². The molecule has 0 saturated carbocycles. The van der Waals surface area contributed by atoms with Crippen molar-refractivity contribution >= 4 is 0 Å². The number of nitrogens with zero attached hydrogens (tertiary/aromatic N) is 6. The number of aromatic nitrogens is 6. The van der Waals surface area contributed by atoms with E-state index in [4.69, 9.17) is 4.74 Å². The Bertz CT molecular complexity index is 927. The van der Waals surface area contributed by atoms with Gasteiger partial charge in [0.25, 0.3) is 0 Å². The van der Waals surface area contributed by atoms with Crippen molar-refractivity contribution in [3.8, 4) is 5.69 Å². The lowest BCUT2D eigenvalue weighted by molar-refractivity contribution is 0.0937. The summed E-state index contributed by atoms with van der Waals surface area (Å²) in [5, 5.41) is 20.0. The maximum absolute atomic E-state index is 13.4. The maximum Gasteiger partial charge on any atom is 0.178 e. The molecule has 3 aromatic rings. The van der Waals surface area contributed by atoms with Gasteiger partial charge in [0.2, 0.25) is 0 Å². The molecule has 4 rings (SSSR count). The number of halogens is 2. The molecule has 1 fully saturated rings. The quantitative estimate of drug-likeness (QED) is 0.621. The number of hydrogen-bond acceptors (Lipinski definition) is 6. The minimum atomic E-state index is -0.499. The number of tetrazole rings is 1. The zero-order chi connectivity index (χ0) is 20.2. The van der Waals surface area contributed by atoms with Crippen LogP contribution in [0.15, 0.2) is 36.7 Å². The van der Waals surface area contributed by atoms with Crippen molar-refractivity contribution in [2.45, 2.75) is 44.5 Å². The van der Waals surface area contributed by atoms with E-state index in [0.717, 1.165) is 18.4 Å². The van der Waals surface area contributed by atoms with E-state index in [1.165, 1.54) is 12.1 Å². The van der Waals surface area contributed by atoms with Gasteiger partial charge in [0.15, 0.2) is 5.82 Å². The minimum Gasteiger partial charge on any atom is -0.377 e. The first-order chi connectivity index (χ1) is 14.2. The van der Waals surface area contributed by atoms with Gasteiger partial charge in [-0.2, -0.15) is 9.78 Å². The van der Waals surface area contributed by atoms with Gasteiger partial charge in [0, 0.05) is 24.4 Å². The number of benzene rings is 1. The SMILES string of the molecule is CC[C@@H]1OCC[C@H]1NC(c1cnn(CCF)c1)c1nnnn1-c1ccc(F)cc1. The van der Waals surface area contributed by atoms with Gasteiger partial charge in [-0.3, -0.25) is 10.00 Å². The van der Waals surface area contributed by atoms with Gasteiger partial charge in [-0.25, -0.2) is 8.78 Å². The third-order valence-corrected chi connectivity index (χ3v) is 5.12. The van der Waals surface area contributed by atoms with Crippen LogP contribution >= 0.6 is 0 Å². The normalized spacial score (nSPS) is 20.2. The molecule has 0 bridgehead atoms. The maximum atomic E-state index is 13.4. The fraction of sp³-hybridized carbons (Fsp3) is 0.474. The van der Waals surface area contributed by atoms with Gasteiger partial charge in [0.05, 0.1) is 30.6 Å². The molecular weight excluding hydrogens is 380 g/mol. The van der Waals surface area contributed by atoms with Crippen LogP contribution in [0.25, 0.3) is 5.69 Å². The standard InChI is InChI=1S/C19H23F2N7O/c1-2-17-16(7-10-29-17)23-18(13-11-22-27(12-13)9-8-20)19-24-25-26-28(19)15-5-3-14(21)4-6-15/h3-6,11-12,16-18,23H,2,7-10H2,1H3/t16-,17+,18?/m1/s1. The molecule has 0 aliphatic carbocycles. The molecule has 0 radical (unpaired) electrons. The summed E-state index contributed by atoms with van der Waals surface area (Å²) in [5.41, 5.74) is 1.46. The first-order valence-corrected chi connectivity index (χ1v) is 9.69. The molecule has 0 spiro atoms. The Morgan fingerprint density at radius 1 is 1.31 bits per heavy atom. The minimum absolute atomic E-state index is 0.0912.